The molecule has 0 aliphatic carbocycles. The average molecular weight is 366 g/mol. The third kappa shape index (κ3) is 3.94. The van der Waals surface area contributed by atoms with E-state index in [1.54, 1.807) is 11.8 Å². The molecule has 1 heterocycles. The smallest absolute Gasteiger partial charge is 0.225 e. The third-order valence-electron chi connectivity index (χ3n) is 4.82. The zero-order valence-corrected chi connectivity index (χ0v) is 16.5. The Morgan fingerprint density at radius 1 is 1.15 bits per heavy atom. The highest BCUT2D eigenvalue weighted by Gasteiger charge is 2.20. The molecule has 0 fully saturated rings. The van der Waals surface area contributed by atoms with Crippen molar-refractivity contribution in [3.63, 3.8) is 0 Å². The summed E-state index contributed by atoms with van der Waals surface area (Å²) in [5.74, 6) is 2.16. The molecule has 0 unspecified atom stereocenters. The first-order valence-electron chi connectivity index (χ1n) is 9.14. The molecular weight excluding hydrogens is 340 g/mol. The fourth-order valence-electron chi connectivity index (χ4n) is 3.36. The fraction of sp³-hybridized carbons (Fsp3) is 0.381. The van der Waals surface area contributed by atoms with E-state index in [2.05, 4.69) is 21.5 Å². The fourth-order valence-corrected chi connectivity index (χ4v) is 3.36. The standard InChI is InChI=1S/C21H26N4O2/c1-13(12-25-16(4)23-15(3)24-25)21(26)22-14(2)17-10-11-20(27-5)19-9-7-6-8-18(17)19/h6-11,13-14H,12H2,1-5H3,(H,22,26)/t13-,14-/m1/s1. The number of hydrogen-bond donors (Lipinski definition) is 1. The van der Waals surface area contributed by atoms with Crippen LogP contribution in [0.3, 0.4) is 0 Å². The normalized spacial score (nSPS) is 13.4. The lowest BCUT2D eigenvalue weighted by Gasteiger charge is -2.20. The number of aromatic nitrogens is 3. The number of ether oxygens (including phenoxy) is 1. The second-order valence-corrected chi connectivity index (χ2v) is 6.92. The van der Waals surface area contributed by atoms with Gasteiger partial charge in [0, 0.05) is 5.39 Å². The molecule has 6 nitrogen and oxygen atoms in total. The summed E-state index contributed by atoms with van der Waals surface area (Å²) >= 11 is 0. The van der Waals surface area contributed by atoms with Gasteiger partial charge in [-0.2, -0.15) is 5.10 Å². The van der Waals surface area contributed by atoms with E-state index < -0.39 is 0 Å². The molecule has 0 aliphatic rings. The SMILES string of the molecule is COc1ccc([C@@H](C)NC(=O)[C@H](C)Cn2nc(C)nc2C)c2ccccc12. The van der Waals surface area contributed by atoms with Crippen LogP contribution < -0.4 is 10.1 Å². The third-order valence-corrected chi connectivity index (χ3v) is 4.82. The highest BCUT2D eigenvalue weighted by molar-refractivity contribution is 5.92. The van der Waals surface area contributed by atoms with Gasteiger partial charge in [-0.1, -0.05) is 37.3 Å². The molecule has 0 saturated carbocycles. The Balaban J connectivity index is 1.77. The van der Waals surface area contributed by atoms with Crippen molar-refractivity contribution >= 4 is 16.7 Å². The summed E-state index contributed by atoms with van der Waals surface area (Å²) in [5, 5.41) is 9.60. The van der Waals surface area contributed by atoms with E-state index in [9.17, 15) is 4.79 Å². The zero-order valence-electron chi connectivity index (χ0n) is 16.5. The number of carbonyl (C=O) groups is 1. The van der Waals surface area contributed by atoms with Crippen molar-refractivity contribution in [3.8, 4) is 5.75 Å². The van der Waals surface area contributed by atoms with E-state index in [0.29, 0.717) is 6.54 Å². The molecule has 6 heteroatoms. The molecule has 1 N–H and O–H groups in total. The molecule has 1 amide bonds. The van der Waals surface area contributed by atoms with Crippen molar-refractivity contribution in [1.82, 2.24) is 20.1 Å². The van der Waals surface area contributed by atoms with Crippen LogP contribution in [-0.2, 0) is 11.3 Å². The number of methoxy groups -OCH3 is 1. The molecular formula is C21H26N4O2. The molecule has 3 aromatic rings. The first-order valence-corrected chi connectivity index (χ1v) is 9.14. The van der Waals surface area contributed by atoms with Gasteiger partial charge in [0.25, 0.3) is 0 Å². The van der Waals surface area contributed by atoms with Crippen LogP contribution in [0.1, 0.15) is 37.1 Å². The number of rotatable bonds is 6. The average Bonchev–Trinajstić information content (AvgIpc) is 2.97. The Hall–Kier alpha value is -2.89. The molecule has 27 heavy (non-hydrogen) atoms. The van der Waals surface area contributed by atoms with Crippen molar-refractivity contribution < 1.29 is 9.53 Å². The zero-order chi connectivity index (χ0) is 19.6. The highest BCUT2D eigenvalue weighted by atomic mass is 16.5. The second kappa shape index (κ2) is 7.78. The summed E-state index contributed by atoms with van der Waals surface area (Å²) in [5.41, 5.74) is 1.07. The largest absolute Gasteiger partial charge is 0.496 e. The van der Waals surface area contributed by atoms with Gasteiger partial charge in [0.15, 0.2) is 0 Å². The van der Waals surface area contributed by atoms with Crippen LogP contribution >= 0.6 is 0 Å². The van der Waals surface area contributed by atoms with Gasteiger partial charge in [-0.15, -0.1) is 0 Å². The summed E-state index contributed by atoms with van der Waals surface area (Å²) < 4.78 is 7.24. The van der Waals surface area contributed by atoms with Crippen LogP contribution in [0, 0.1) is 19.8 Å². The van der Waals surface area contributed by atoms with Gasteiger partial charge < -0.3 is 10.1 Å². The van der Waals surface area contributed by atoms with E-state index in [1.807, 2.05) is 58.0 Å². The first kappa shape index (κ1) is 18.9. The number of fused-ring (bicyclic) bond motifs is 1. The summed E-state index contributed by atoms with van der Waals surface area (Å²) in [7, 11) is 1.67. The molecule has 2 aromatic carbocycles. The molecule has 1 aromatic heterocycles. The van der Waals surface area contributed by atoms with Crippen molar-refractivity contribution in [2.24, 2.45) is 5.92 Å². The van der Waals surface area contributed by atoms with Crippen LogP contribution in [0.25, 0.3) is 10.8 Å². The van der Waals surface area contributed by atoms with Crippen LogP contribution in [0.15, 0.2) is 36.4 Å². The maximum Gasteiger partial charge on any atom is 0.225 e. The lowest BCUT2D eigenvalue weighted by atomic mass is 9.98. The van der Waals surface area contributed by atoms with Gasteiger partial charge >= 0.3 is 0 Å². The first-order chi connectivity index (χ1) is 12.9. The topological polar surface area (TPSA) is 69.0 Å². The summed E-state index contributed by atoms with van der Waals surface area (Å²) in [6.45, 7) is 8.17. The molecule has 0 spiro atoms. The number of aryl methyl sites for hydroxylation is 2. The quantitative estimate of drug-likeness (QED) is 0.724. The Bertz CT molecular complexity index is 964. The summed E-state index contributed by atoms with van der Waals surface area (Å²) in [6, 6.07) is 11.9. The molecule has 0 bridgehead atoms. The van der Waals surface area contributed by atoms with Gasteiger partial charge in [0.2, 0.25) is 5.91 Å². The number of benzene rings is 2. The summed E-state index contributed by atoms with van der Waals surface area (Å²) in [6.07, 6.45) is 0. The van der Waals surface area contributed by atoms with Gasteiger partial charge in [0.05, 0.1) is 25.6 Å². The predicted octanol–water partition coefficient (Wildman–Crippen LogP) is 3.57. The van der Waals surface area contributed by atoms with Crippen molar-refractivity contribution in [1.29, 1.82) is 0 Å². The van der Waals surface area contributed by atoms with Crippen LogP contribution in [0.2, 0.25) is 0 Å². The summed E-state index contributed by atoms with van der Waals surface area (Å²) in [4.78, 5) is 17.0. The monoisotopic (exact) mass is 366 g/mol. The number of carbonyl (C=O) groups excluding carboxylic acids is 1. The second-order valence-electron chi connectivity index (χ2n) is 6.92. The van der Waals surface area contributed by atoms with E-state index in [4.69, 9.17) is 4.74 Å². The molecule has 2 atom stereocenters. The Labute approximate surface area is 159 Å². The number of hydrogen-bond acceptors (Lipinski definition) is 4. The minimum absolute atomic E-state index is 0.00467. The van der Waals surface area contributed by atoms with Crippen molar-refractivity contribution in [3.05, 3.63) is 53.6 Å². The lowest BCUT2D eigenvalue weighted by molar-refractivity contribution is -0.125. The minimum Gasteiger partial charge on any atom is -0.496 e. The van der Waals surface area contributed by atoms with E-state index in [-0.39, 0.29) is 17.9 Å². The van der Waals surface area contributed by atoms with Gasteiger partial charge in [0.1, 0.15) is 17.4 Å². The number of nitrogens with one attached hydrogen (secondary N) is 1. The molecule has 3 rings (SSSR count). The van der Waals surface area contributed by atoms with E-state index in [0.717, 1.165) is 33.7 Å². The van der Waals surface area contributed by atoms with Crippen LogP contribution in [0.5, 0.6) is 5.75 Å². The molecule has 0 radical (unpaired) electrons. The minimum atomic E-state index is -0.211. The van der Waals surface area contributed by atoms with Gasteiger partial charge in [-0.3, -0.25) is 4.79 Å². The maximum absolute atomic E-state index is 12.7. The Morgan fingerprint density at radius 3 is 2.48 bits per heavy atom. The Kier molecular flexibility index (Phi) is 5.44. The van der Waals surface area contributed by atoms with E-state index >= 15 is 0 Å². The van der Waals surface area contributed by atoms with Crippen LogP contribution in [-0.4, -0.2) is 27.8 Å². The molecule has 142 valence electrons. The lowest BCUT2D eigenvalue weighted by Crippen LogP contribution is -2.34. The highest BCUT2D eigenvalue weighted by Crippen LogP contribution is 2.31. The van der Waals surface area contributed by atoms with Gasteiger partial charge in [-0.25, -0.2) is 9.67 Å². The molecule has 0 saturated heterocycles. The number of nitrogens with zero attached hydrogens (tertiary/aromatic N) is 3. The van der Waals surface area contributed by atoms with Crippen LogP contribution in [0.4, 0.5) is 0 Å². The predicted molar refractivity (Wildman–Crippen MR) is 106 cm³/mol. The van der Waals surface area contributed by atoms with Crippen molar-refractivity contribution in [2.75, 3.05) is 7.11 Å². The number of amides is 1. The van der Waals surface area contributed by atoms with Crippen molar-refractivity contribution in [2.45, 2.75) is 40.3 Å². The van der Waals surface area contributed by atoms with Gasteiger partial charge in [-0.05, 0) is 37.8 Å². The Morgan fingerprint density at radius 2 is 1.85 bits per heavy atom. The molecule has 0 aliphatic heterocycles. The van der Waals surface area contributed by atoms with E-state index in [1.165, 1.54) is 0 Å². The maximum atomic E-state index is 12.7.